The second kappa shape index (κ2) is 8.84. The highest BCUT2D eigenvalue weighted by Gasteiger charge is 2.16. The van der Waals surface area contributed by atoms with Gasteiger partial charge in [0.2, 0.25) is 0 Å². The van der Waals surface area contributed by atoms with Crippen LogP contribution in [0.25, 0.3) is 6.08 Å². The SMILES string of the molecule is C[C@H](Oc1ccccc1F)C(=O)NNC(=O)/C=C/c1cccc(Cl)c1. The predicted molar refractivity (Wildman–Crippen MR) is 93.3 cm³/mol. The van der Waals surface area contributed by atoms with Crippen molar-refractivity contribution >= 4 is 29.5 Å². The number of rotatable bonds is 5. The molecule has 2 N–H and O–H groups in total. The molecule has 1 atom stereocenters. The van der Waals surface area contributed by atoms with Crippen molar-refractivity contribution in [3.05, 3.63) is 71.0 Å². The molecule has 2 amide bonds. The lowest BCUT2D eigenvalue weighted by atomic mass is 10.2. The molecule has 5 nitrogen and oxygen atoms in total. The van der Waals surface area contributed by atoms with Gasteiger partial charge in [-0.05, 0) is 42.8 Å². The Morgan fingerprint density at radius 2 is 1.92 bits per heavy atom. The molecular formula is C18H16ClFN2O3. The lowest BCUT2D eigenvalue weighted by Crippen LogP contribution is -2.46. The molecule has 0 saturated carbocycles. The minimum atomic E-state index is -0.992. The van der Waals surface area contributed by atoms with Gasteiger partial charge in [-0.25, -0.2) is 4.39 Å². The van der Waals surface area contributed by atoms with E-state index in [0.717, 1.165) is 5.56 Å². The summed E-state index contributed by atoms with van der Waals surface area (Å²) in [5.41, 5.74) is 5.16. The summed E-state index contributed by atoms with van der Waals surface area (Å²) < 4.78 is 18.7. The van der Waals surface area contributed by atoms with Gasteiger partial charge in [-0.3, -0.25) is 20.4 Å². The van der Waals surface area contributed by atoms with Crippen LogP contribution in [0.4, 0.5) is 4.39 Å². The Morgan fingerprint density at radius 3 is 2.64 bits per heavy atom. The maximum absolute atomic E-state index is 13.5. The van der Waals surface area contributed by atoms with Gasteiger partial charge >= 0.3 is 0 Å². The van der Waals surface area contributed by atoms with E-state index < -0.39 is 23.7 Å². The summed E-state index contributed by atoms with van der Waals surface area (Å²) >= 11 is 5.84. The highest BCUT2D eigenvalue weighted by atomic mass is 35.5. The number of nitrogens with one attached hydrogen (secondary N) is 2. The molecule has 0 heterocycles. The first-order chi connectivity index (χ1) is 12.0. The molecule has 2 aromatic rings. The zero-order valence-corrected chi connectivity index (χ0v) is 14.1. The molecule has 0 saturated heterocycles. The van der Waals surface area contributed by atoms with Crippen molar-refractivity contribution in [2.24, 2.45) is 0 Å². The largest absolute Gasteiger partial charge is 0.478 e. The Kier molecular flexibility index (Phi) is 6.54. The number of halogens is 2. The van der Waals surface area contributed by atoms with Gasteiger partial charge in [-0.15, -0.1) is 0 Å². The second-order valence-electron chi connectivity index (χ2n) is 5.06. The van der Waals surface area contributed by atoms with Crippen LogP contribution in [-0.2, 0) is 9.59 Å². The normalized spacial score (nSPS) is 11.8. The first-order valence-corrected chi connectivity index (χ1v) is 7.78. The van der Waals surface area contributed by atoms with Gasteiger partial charge in [0.05, 0.1) is 0 Å². The molecule has 0 unspecified atom stereocenters. The fourth-order valence-electron chi connectivity index (χ4n) is 1.83. The molecule has 0 spiro atoms. The summed E-state index contributed by atoms with van der Waals surface area (Å²) in [6.45, 7) is 1.44. The van der Waals surface area contributed by atoms with Crippen molar-refractivity contribution in [1.29, 1.82) is 0 Å². The molecule has 2 aromatic carbocycles. The zero-order valence-electron chi connectivity index (χ0n) is 13.3. The van der Waals surface area contributed by atoms with Gasteiger partial charge in [-0.1, -0.05) is 35.9 Å². The number of ether oxygens (including phenoxy) is 1. The summed E-state index contributed by atoms with van der Waals surface area (Å²) in [6.07, 6.45) is 1.80. The number of hydrazine groups is 1. The average Bonchev–Trinajstić information content (AvgIpc) is 2.59. The number of carbonyl (C=O) groups excluding carboxylic acids is 2. The molecule has 0 fully saturated rings. The van der Waals surface area contributed by atoms with Gasteiger partial charge < -0.3 is 4.74 Å². The monoisotopic (exact) mass is 362 g/mol. The van der Waals surface area contributed by atoms with Crippen LogP contribution in [0.2, 0.25) is 5.02 Å². The van der Waals surface area contributed by atoms with Gasteiger partial charge in [0.25, 0.3) is 11.8 Å². The van der Waals surface area contributed by atoms with Crippen molar-refractivity contribution in [3.8, 4) is 5.75 Å². The number of hydrogen-bond donors (Lipinski definition) is 2. The van der Waals surface area contributed by atoms with E-state index in [0.29, 0.717) is 5.02 Å². The van der Waals surface area contributed by atoms with Crippen LogP contribution < -0.4 is 15.6 Å². The number of carbonyl (C=O) groups is 2. The van der Waals surface area contributed by atoms with Crippen molar-refractivity contribution in [2.45, 2.75) is 13.0 Å². The van der Waals surface area contributed by atoms with E-state index in [2.05, 4.69) is 10.9 Å². The van der Waals surface area contributed by atoms with Gasteiger partial charge in [0.1, 0.15) is 0 Å². The van der Waals surface area contributed by atoms with Gasteiger partial charge in [0, 0.05) is 11.1 Å². The van der Waals surface area contributed by atoms with E-state index in [1.807, 2.05) is 0 Å². The average molecular weight is 363 g/mol. The predicted octanol–water partition coefficient (Wildman–Crippen LogP) is 3.11. The summed E-state index contributed by atoms with van der Waals surface area (Å²) in [6, 6.07) is 12.7. The number of para-hydroxylation sites is 1. The van der Waals surface area contributed by atoms with Gasteiger partial charge in [-0.2, -0.15) is 0 Å². The standard InChI is InChI=1S/C18H16ClFN2O3/c1-12(25-16-8-3-2-7-15(16)20)18(24)22-21-17(23)10-9-13-5-4-6-14(19)11-13/h2-12H,1H3,(H,21,23)(H,22,24)/b10-9+/t12-/m0/s1. The third kappa shape index (κ3) is 5.93. The molecular weight excluding hydrogens is 347 g/mol. The Balaban J connectivity index is 1.82. The Bertz CT molecular complexity index is 795. The van der Waals surface area contributed by atoms with Crippen molar-refractivity contribution in [2.75, 3.05) is 0 Å². The van der Waals surface area contributed by atoms with Crippen LogP contribution in [0, 0.1) is 5.82 Å². The van der Waals surface area contributed by atoms with Gasteiger partial charge in [0.15, 0.2) is 17.7 Å². The molecule has 25 heavy (non-hydrogen) atoms. The van der Waals surface area contributed by atoms with Crippen LogP contribution in [0.15, 0.2) is 54.6 Å². The van der Waals surface area contributed by atoms with E-state index in [9.17, 15) is 14.0 Å². The minimum Gasteiger partial charge on any atom is -0.478 e. The smallest absolute Gasteiger partial charge is 0.279 e. The lowest BCUT2D eigenvalue weighted by molar-refractivity contribution is -0.131. The lowest BCUT2D eigenvalue weighted by Gasteiger charge is -2.15. The molecule has 7 heteroatoms. The Hall–Kier alpha value is -2.86. The molecule has 2 rings (SSSR count). The minimum absolute atomic E-state index is 0.0441. The first-order valence-electron chi connectivity index (χ1n) is 7.40. The summed E-state index contributed by atoms with van der Waals surface area (Å²) in [7, 11) is 0. The summed E-state index contributed by atoms with van der Waals surface area (Å²) in [5.74, 6) is -1.77. The fourth-order valence-corrected chi connectivity index (χ4v) is 2.03. The highest BCUT2D eigenvalue weighted by Crippen LogP contribution is 2.16. The quantitative estimate of drug-likeness (QED) is 0.634. The summed E-state index contributed by atoms with van der Waals surface area (Å²) in [4.78, 5) is 23.6. The van der Waals surface area contributed by atoms with E-state index in [1.54, 1.807) is 36.4 Å². The van der Waals surface area contributed by atoms with Crippen LogP contribution in [0.3, 0.4) is 0 Å². The maximum Gasteiger partial charge on any atom is 0.279 e. The zero-order chi connectivity index (χ0) is 18.2. The van der Waals surface area contributed by atoms with E-state index in [4.69, 9.17) is 16.3 Å². The van der Waals surface area contributed by atoms with Crippen LogP contribution in [0.5, 0.6) is 5.75 Å². The third-order valence-electron chi connectivity index (χ3n) is 3.09. The molecule has 0 aliphatic heterocycles. The maximum atomic E-state index is 13.5. The van der Waals surface area contributed by atoms with Crippen LogP contribution >= 0.6 is 11.6 Å². The molecule has 0 aliphatic carbocycles. The topological polar surface area (TPSA) is 67.4 Å². The first kappa shape index (κ1) is 18.5. The van der Waals surface area contributed by atoms with E-state index >= 15 is 0 Å². The number of amides is 2. The van der Waals surface area contributed by atoms with Crippen molar-refractivity contribution < 1.29 is 18.7 Å². The van der Waals surface area contributed by atoms with Crippen LogP contribution in [0.1, 0.15) is 12.5 Å². The van der Waals surface area contributed by atoms with Crippen LogP contribution in [-0.4, -0.2) is 17.9 Å². The summed E-state index contributed by atoms with van der Waals surface area (Å²) in [5, 5.41) is 0.551. The van der Waals surface area contributed by atoms with Crippen molar-refractivity contribution in [1.82, 2.24) is 10.9 Å². The van der Waals surface area contributed by atoms with E-state index in [1.165, 1.54) is 31.2 Å². The Labute approximate surface area is 149 Å². The fraction of sp³-hybridized carbons (Fsp3) is 0.111. The molecule has 0 aliphatic rings. The number of hydrogen-bond acceptors (Lipinski definition) is 3. The molecule has 130 valence electrons. The molecule has 0 bridgehead atoms. The molecule has 0 aromatic heterocycles. The van der Waals surface area contributed by atoms with E-state index in [-0.39, 0.29) is 5.75 Å². The highest BCUT2D eigenvalue weighted by molar-refractivity contribution is 6.30. The molecule has 0 radical (unpaired) electrons. The van der Waals surface area contributed by atoms with Crippen molar-refractivity contribution in [3.63, 3.8) is 0 Å². The third-order valence-corrected chi connectivity index (χ3v) is 3.33. The number of benzene rings is 2. The Morgan fingerprint density at radius 1 is 1.16 bits per heavy atom. The second-order valence-corrected chi connectivity index (χ2v) is 5.49.